The number of benzene rings is 10. The largest absolute Gasteiger partial charge is 2.00 e. The maximum absolute atomic E-state index is 13.1. The van der Waals surface area contributed by atoms with Gasteiger partial charge in [-0.15, -0.1) is 12.1 Å². The van der Waals surface area contributed by atoms with E-state index in [-0.39, 0.29) is 204 Å². The first-order valence-electron chi connectivity index (χ1n) is 38.9. The van der Waals surface area contributed by atoms with E-state index in [1.807, 2.05) is 152 Å². The number of nitrogens with zero attached hydrogens (tertiary/aromatic N) is 5. The molecule has 4 aliphatic rings. The summed E-state index contributed by atoms with van der Waals surface area (Å²) in [6.45, 7) is 1.99. The first-order chi connectivity index (χ1) is 59.1. The number of hydrogen-bond donors (Lipinski definition) is 1. The predicted octanol–water partition coefficient (Wildman–Crippen LogP) is 14.0. The van der Waals surface area contributed by atoms with Gasteiger partial charge in [-0.3, -0.25) is 24.3 Å². The third kappa shape index (κ3) is 38.4. The average Bonchev–Trinajstić information content (AvgIpc) is 0.829. The molecule has 127 heavy (non-hydrogen) atoms. The van der Waals surface area contributed by atoms with Gasteiger partial charge in [0, 0.05) is 116 Å². The van der Waals surface area contributed by atoms with Crippen molar-refractivity contribution in [3.63, 3.8) is 0 Å². The fourth-order valence-electron chi connectivity index (χ4n) is 12.8. The number of carbonyl (C=O) groups excluding carboxylic acids is 8. The second kappa shape index (κ2) is 59.3. The number of piperidine rings is 3. The quantitative estimate of drug-likeness (QED) is 0.0330. The van der Waals surface area contributed by atoms with E-state index in [9.17, 15) is 65.4 Å². The molecule has 5 unspecified atom stereocenters. The van der Waals surface area contributed by atoms with Crippen molar-refractivity contribution in [3.05, 3.63) is 395 Å². The summed E-state index contributed by atoms with van der Waals surface area (Å²) in [5.74, 6) is -0.649. The zero-order valence-corrected chi connectivity index (χ0v) is 78.7. The van der Waals surface area contributed by atoms with Gasteiger partial charge in [0.1, 0.15) is 73.6 Å². The van der Waals surface area contributed by atoms with Crippen LogP contribution in [0.3, 0.4) is 0 Å². The summed E-state index contributed by atoms with van der Waals surface area (Å²) in [6.07, 6.45) is 5.98. The number of aliphatic hydroxyl groups is 1. The molecule has 5 heterocycles. The number of methoxy groups -OCH3 is 1. The fraction of sp³-hybridized carbons (Fsp3) is 0.219. The number of Topliss-reactive ketones (excluding diaryl/α,β-unsaturated/α-hetero) is 2. The molecule has 15 rings (SSSR count). The van der Waals surface area contributed by atoms with Crippen LogP contribution in [0.25, 0.3) is 0 Å². The molecule has 31 heteroatoms. The van der Waals surface area contributed by atoms with Crippen molar-refractivity contribution >= 4 is 90.2 Å². The van der Waals surface area contributed by atoms with Crippen LogP contribution in [0.1, 0.15) is 121 Å². The molecule has 3 saturated heterocycles. The predicted molar refractivity (Wildman–Crippen MR) is 459 cm³/mol. The van der Waals surface area contributed by atoms with Crippen LogP contribution in [0.4, 0.5) is 45.9 Å². The van der Waals surface area contributed by atoms with Crippen molar-refractivity contribution in [1.82, 2.24) is 24.6 Å². The number of likely N-dealkylation sites (tertiary alicyclic amines) is 3. The van der Waals surface area contributed by atoms with E-state index in [4.69, 9.17) is 35.3 Å². The first-order valence-corrected chi connectivity index (χ1v) is 39.3. The molecular weight excluding hydrogens is 1800 g/mol. The smallest absolute Gasteiger partial charge is 1.00 e. The van der Waals surface area contributed by atoms with Crippen LogP contribution in [0.5, 0.6) is 5.75 Å². The molecule has 4 amide bonds. The standard InChI is InChI=1S/C19H20FNO3.2C19H18FNO3.C19H16FNO3.C8H7ClO2.C6H4F.C6H7NO.B.BrH.Mg.Na.Zn.H/c4*20-16-8-6-15(7-9-16)18-12-17(22)10-11-21(18)19(23)24-13-14-4-2-1-3-5-14;9-8(10)11-6-7-4-2-1-3-5-7;7-6-4-2-1-3-5-6;1-8-6-2-4-7-5-3-6;;;;;;/h1-9,17-18,22H,10-13H2;2*1-9,18H,10-13H2;1-11,18H,12-13H2;1-5H,6H2;2-5H;2-5H,1H3;;1H;;;;/q;;;;;-1;;;;+2;+1;;-1/p-1. The Morgan fingerprint density at radius 3 is 1.06 bits per heavy atom. The number of rotatable bonds is 15. The Kier molecular flexibility index (Phi) is 50.8. The van der Waals surface area contributed by atoms with Crippen LogP contribution >= 0.6 is 11.6 Å². The molecule has 3 fully saturated rings. The van der Waals surface area contributed by atoms with Crippen molar-refractivity contribution in [2.24, 2.45) is 0 Å². The van der Waals surface area contributed by atoms with Gasteiger partial charge in [0.15, 0.2) is 5.78 Å². The molecule has 11 aromatic rings. The van der Waals surface area contributed by atoms with E-state index in [1.165, 1.54) is 90.0 Å². The Hall–Kier alpha value is -10.7. The number of aromatic nitrogens is 1. The number of allylic oxidation sites excluding steroid dienone is 1. The SMILES string of the molecule is COc1ccncc1.Fc1cc[c-]cc1.O=C(Cl)OCc1ccccc1.O=C(OCc1ccccc1)N1CCC(O)CC1c1ccc(F)cc1.O=C1C=CN(C(=O)OCc2ccccc2)C(c2ccc(F)cc2)C1.O=C1CCN(C(=O)OCc2ccccc2)C(c2ccc(F)cc2)C1.O=C1CCN(C(=O)OCc2ccccc2)C(c2ccc(F)cc2)C1.[B].[Br-].[H-].[Mg+2].[Na+].[Zn]. The van der Waals surface area contributed by atoms with Crippen molar-refractivity contribution in [1.29, 1.82) is 0 Å². The summed E-state index contributed by atoms with van der Waals surface area (Å²) in [5, 5.41) is 9.95. The van der Waals surface area contributed by atoms with Gasteiger partial charge >= 0.3 is 82.4 Å². The number of ether oxygens (including phenoxy) is 6. The maximum atomic E-state index is 13.1. The monoisotopic (exact) mass is 1880 g/mol. The minimum absolute atomic E-state index is 0. The van der Waals surface area contributed by atoms with Crippen molar-refractivity contribution in [2.45, 2.75) is 108 Å². The Labute approximate surface area is 805 Å². The number of ketones is 3. The van der Waals surface area contributed by atoms with Gasteiger partial charge in [-0.1, -0.05) is 200 Å². The van der Waals surface area contributed by atoms with E-state index in [0.717, 1.165) is 50.3 Å². The summed E-state index contributed by atoms with van der Waals surface area (Å²) >= 11 is 4.97. The molecule has 10 aromatic carbocycles. The molecule has 1 aromatic heterocycles. The van der Waals surface area contributed by atoms with Gasteiger partial charge in [-0.05, 0) is 130 Å². The van der Waals surface area contributed by atoms with Crippen LogP contribution in [0.15, 0.2) is 310 Å². The molecule has 5 atom stereocenters. The van der Waals surface area contributed by atoms with Gasteiger partial charge in [-0.2, -0.15) is 18.2 Å². The number of aliphatic hydroxyl groups excluding tert-OH is 1. The minimum Gasteiger partial charge on any atom is -1.00 e. The van der Waals surface area contributed by atoms with Gasteiger partial charge in [0.05, 0.1) is 37.4 Å². The third-order valence-electron chi connectivity index (χ3n) is 19.1. The summed E-state index contributed by atoms with van der Waals surface area (Å²) in [4.78, 5) is 105. The molecule has 1 N–H and O–H groups in total. The van der Waals surface area contributed by atoms with Crippen LogP contribution in [-0.2, 0) is 90.6 Å². The molecular formula is C96H91BBrClF5MgN5NaO15Zn. The fourth-order valence-corrected chi connectivity index (χ4v) is 12.8. The minimum atomic E-state index is -0.770. The Morgan fingerprint density at radius 1 is 0.433 bits per heavy atom. The van der Waals surface area contributed by atoms with Gasteiger partial charge in [0.25, 0.3) is 0 Å². The molecule has 0 aliphatic carbocycles. The number of pyridine rings is 1. The number of amides is 4. The molecule has 20 nitrogen and oxygen atoms in total. The summed E-state index contributed by atoms with van der Waals surface area (Å²) < 4.78 is 95.3. The molecule has 0 spiro atoms. The summed E-state index contributed by atoms with van der Waals surface area (Å²) in [7, 11) is 1.63. The molecule has 4 aliphatic heterocycles. The van der Waals surface area contributed by atoms with E-state index in [2.05, 4.69) is 15.8 Å². The van der Waals surface area contributed by atoms with Crippen LogP contribution in [0.2, 0.25) is 0 Å². The van der Waals surface area contributed by atoms with E-state index >= 15 is 0 Å². The maximum Gasteiger partial charge on any atom is 2.00 e. The molecule has 0 bridgehead atoms. The second-order valence-electron chi connectivity index (χ2n) is 27.7. The number of carbonyl (C=O) groups is 8. The van der Waals surface area contributed by atoms with E-state index in [1.54, 1.807) is 94.9 Å². The zero-order chi connectivity index (χ0) is 86.8. The summed E-state index contributed by atoms with van der Waals surface area (Å²) in [6, 6.07) is 81.0. The van der Waals surface area contributed by atoms with Crippen molar-refractivity contribution < 1.29 is 161 Å². The topological polar surface area (TPSA) is 238 Å². The third-order valence-corrected chi connectivity index (χ3v) is 19.2. The normalized spacial score (nSPS) is 15.6. The van der Waals surface area contributed by atoms with Crippen molar-refractivity contribution in [2.75, 3.05) is 26.7 Å². The van der Waals surface area contributed by atoms with Gasteiger partial charge < -0.3 is 66.6 Å². The number of hydrogen-bond acceptors (Lipinski definition) is 16. The molecule has 0 saturated carbocycles. The van der Waals surface area contributed by atoms with E-state index < -0.39 is 54.0 Å². The average molecular weight is 1890 g/mol. The van der Waals surface area contributed by atoms with Crippen LogP contribution in [0, 0.1) is 35.2 Å². The first kappa shape index (κ1) is 109. The second-order valence-corrected chi connectivity index (χ2v) is 28.0. The van der Waals surface area contributed by atoms with Crippen LogP contribution < -0.4 is 51.3 Å². The van der Waals surface area contributed by atoms with E-state index in [0.29, 0.717) is 50.9 Å². The van der Waals surface area contributed by atoms with Gasteiger partial charge in [0.2, 0.25) is 0 Å². The van der Waals surface area contributed by atoms with Gasteiger partial charge in [-0.25, -0.2) is 45.9 Å². The summed E-state index contributed by atoms with van der Waals surface area (Å²) in [5.41, 5.74) is 6.71. The zero-order valence-electron chi connectivity index (χ0n) is 71.0. The van der Waals surface area contributed by atoms with Crippen molar-refractivity contribution in [3.8, 4) is 5.75 Å². The Morgan fingerprint density at radius 2 is 0.740 bits per heavy atom. The van der Waals surface area contributed by atoms with Crippen LogP contribution in [-0.4, -0.2) is 141 Å². The molecule has 647 valence electrons. The Bertz CT molecular complexity index is 5000. The molecule has 3 radical (unpaired) electrons. The number of halogens is 7. The Balaban J connectivity index is 0.000000396.